The summed E-state index contributed by atoms with van der Waals surface area (Å²) in [7, 11) is 0. The average molecular weight is 412 g/mol. The lowest BCUT2D eigenvalue weighted by molar-refractivity contribution is 0.0944. The minimum Gasteiger partial charge on any atom is -0.486 e. The number of anilines is 1. The summed E-state index contributed by atoms with van der Waals surface area (Å²) in [5.74, 6) is 0.827. The number of halogens is 1. The molecule has 0 radical (unpaired) electrons. The third-order valence-electron chi connectivity index (χ3n) is 5.32. The van der Waals surface area contributed by atoms with Crippen molar-refractivity contribution in [3.05, 3.63) is 41.6 Å². The molecule has 156 valence electrons. The molecule has 3 aromatic heterocycles. The van der Waals surface area contributed by atoms with Gasteiger partial charge in [-0.3, -0.25) is 4.79 Å². The normalized spacial score (nSPS) is 21.4. The van der Waals surface area contributed by atoms with E-state index in [9.17, 15) is 9.18 Å². The number of rotatable bonds is 0. The molecule has 3 aromatic rings. The predicted molar refractivity (Wildman–Crippen MR) is 105 cm³/mol. The van der Waals surface area contributed by atoms with Gasteiger partial charge in [0.05, 0.1) is 37.8 Å². The van der Waals surface area contributed by atoms with E-state index in [0.29, 0.717) is 60.5 Å². The van der Waals surface area contributed by atoms with E-state index in [1.54, 1.807) is 6.20 Å². The molecule has 0 spiro atoms. The van der Waals surface area contributed by atoms with Crippen LogP contribution < -0.4 is 19.7 Å². The monoisotopic (exact) mass is 412 g/mol. The van der Waals surface area contributed by atoms with Crippen LogP contribution in [0, 0.1) is 11.7 Å². The van der Waals surface area contributed by atoms with Crippen LogP contribution in [0.15, 0.2) is 24.7 Å². The molecule has 0 unspecified atom stereocenters. The Bertz CT molecular complexity index is 1130. The molecule has 5 heterocycles. The number of hydrogen-bond donors (Lipinski definition) is 1. The predicted octanol–water partition coefficient (Wildman–Crippen LogP) is 1.81. The molecule has 0 fully saturated rings. The lowest BCUT2D eigenvalue weighted by Crippen LogP contribution is -2.41. The summed E-state index contributed by atoms with van der Waals surface area (Å²) in [6.07, 6.45) is 4.35. The molecule has 0 aromatic carbocycles. The lowest BCUT2D eigenvalue weighted by Gasteiger charge is -2.35. The number of amides is 1. The fourth-order valence-electron chi connectivity index (χ4n) is 3.63. The van der Waals surface area contributed by atoms with E-state index >= 15 is 0 Å². The lowest BCUT2D eigenvalue weighted by atomic mass is 10.1. The summed E-state index contributed by atoms with van der Waals surface area (Å²) >= 11 is 0. The van der Waals surface area contributed by atoms with E-state index in [0.717, 1.165) is 6.20 Å². The highest BCUT2D eigenvalue weighted by Crippen LogP contribution is 2.35. The highest BCUT2D eigenvalue weighted by molar-refractivity contribution is 5.99. The third kappa shape index (κ3) is 3.17. The Morgan fingerprint density at radius 3 is 2.97 bits per heavy atom. The van der Waals surface area contributed by atoms with Crippen LogP contribution in [0.1, 0.15) is 29.8 Å². The Labute approximate surface area is 171 Å². The van der Waals surface area contributed by atoms with Crippen LogP contribution in [0.2, 0.25) is 0 Å². The van der Waals surface area contributed by atoms with Gasteiger partial charge in [0.25, 0.3) is 5.91 Å². The van der Waals surface area contributed by atoms with Crippen molar-refractivity contribution in [1.29, 1.82) is 0 Å². The first-order valence-electron chi connectivity index (χ1n) is 9.83. The van der Waals surface area contributed by atoms with Crippen LogP contribution in [0.4, 0.5) is 10.2 Å². The molecule has 5 rings (SSSR count). The maximum atomic E-state index is 14.0. The second-order valence-electron chi connectivity index (χ2n) is 7.79. The van der Waals surface area contributed by atoms with E-state index < -0.39 is 5.82 Å². The van der Waals surface area contributed by atoms with E-state index in [-0.39, 0.29) is 17.9 Å². The van der Waals surface area contributed by atoms with Crippen LogP contribution in [0.25, 0.3) is 5.65 Å². The Morgan fingerprint density at radius 1 is 1.23 bits per heavy atom. The second-order valence-corrected chi connectivity index (χ2v) is 7.79. The van der Waals surface area contributed by atoms with Crippen LogP contribution in [-0.2, 0) is 6.54 Å². The van der Waals surface area contributed by atoms with E-state index in [1.165, 1.54) is 16.8 Å². The number of nitrogens with one attached hydrogen (secondary N) is 1. The Balaban J connectivity index is 1.67. The van der Waals surface area contributed by atoms with E-state index in [1.807, 2.05) is 18.7 Å². The van der Waals surface area contributed by atoms with Gasteiger partial charge in [-0.25, -0.2) is 18.9 Å². The van der Waals surface area contributed by atoms with Crippen molar-refractivity contribution in [3.8, 4) is 11.6 Å². The zero-order valence-electron chi connectivity index (χ0n) is 16.6. The number of aromatic nitrogens is 4. The fourth-order valence-corrected chi connectivity index (χ4v) is 3.63. The first kappa shape index (κ1) is 18.6. The molecule has 10 heteroatoms. The van der Waals surface area contributed by atoms with Gasteiger partial charge in [0.1, 0.15) is 18.0 Å². The molecule has 9 nitrogen and oxygen atoms in total. The quantitative estimate of drug-likeness (QED) is 0.602. The molecular formula is C20H21FN6O3. The first-order valence-corrected chi connectivity index (χ1v) is 9.83. The Morgan fingerprint density at radius 2 is 2.10 bits per heavy atom. The SMILES string of the molecule is C[C@H]1CNC(=O)c2cnn3cc4c(nc23)N(Cc2cc(F)cnc2OC1)[C@H](C)CO4. The van der Waals surface area contributed by atoms with Crippen molar-refractivity contribution in [2.24, 2.45) is 5.92 Å². The van der Waals surface area contributed by atoms with Crippen LogP contribution >= 0.6 is 0 Å². The summed E-state index contributed by atoms with van der Waals surface area (Å²) in [6.45, 7) is 5.47. The summed E-state index contributed by atoms with van der Waals surface area (Å²) in [6, 6.07) is 1.40. The molecule has 30 heavy (non-hydrogen) atoms. The zero-order valence-corrected chi connectivity index (χ0v) is 16.6. The Hall–Kier alpha value is -3.43. The van der Waals surface area contributed by atoms with Crippen molar-refractivity contribution in [2.75, 3.05) is 24.7 Å². The largest absolute Gasteiger partial charge is 0.486 e. The van der Waals surface area contributed by atoms with Gasteiger partial charge >= 0.3 is 0 Å². The van der Waals surface area contributed by atoms with Gasteiger partial charge in [0.2, 0.25) is 5.88 Å². The first-order chi connectivity index (χ1) is 14.5. The number of carbonyl (C=O) groups is 1. The van der Waals surface area contributed by atoms with Crippen LogP contribution in [-0.4, -0.2) is 51.3 Å². The van der Waals surface area contributed by atoms with Crippen LogP contribution in [0.5, 0.6) is 11.6 Å². The second kappa shape index (κ2) is 7.12. The summed E-state index contributed by atoms with van der Waals surface area (Å²) in [5.41, 5.74) is 1.44. The van der Waals surface area contributed by atoms with Crippen LogP contribution in [0.3, 0.4) is 0 Å². The smallest absolute Gasteiger partial charge is 0.256 e. The van der Waals surface area contributed by atoms with Gasteiger partial charge in [-0.05, 0) is 13.0 Å². The Kier molecular flexibility index (Phi) is 4.41. The van der Waals surface area contributed by atoms with Gasteiger partial charge in [-0.15, -0.1) is 0 Å². The van der Waals surface area contributed by atoms with Gasteiger partial charge in [0, 0.05) is 18.0 Å². The molecular weight excluding hydrogens is 391 g/mol. The van der Waals surface area contributed by atoms with Crippen molar-refractivity contribution in [1.82, 2.24) is 24.9 Å². The number of ether oxygens (including phenoxy) is 2. The molecule has 2 atom stereocenters. The van der Waals surface area contributed by atoms with Gasteiger partial charge < -0.3 is 19.7 Å². The summed E-state index contributed by atoms with van der Waals surface area (Å²) < 4.78 is 27.3. The highest BCUT2D eigenvalue weighted by Gasteiger charge is 2.29. The molecule has 0 aliphatic carbocycles. The standard InChI is InChI=1S/C20H21FN6O3/c1-11-4-22-19(28)15-6-24-27-8-16-18(25-17(15)27)26(12(2)10-29-16)7-13-3-14(21)5-23-20(13)30-9-11/h3,5-6,8,11-12H,4,7,9-10H2,1-2H3,(H,22,28)/t11-,12+/m0/s1. The molecule has 0 saturated heterocycles. The van der Waals surface area contributed by atoms with E-state index in [4.69, 9.17) is 14.5 Å². The maximum absolute atomic E-state index is 14.0. The maximum Gasteiger partial charge on any atom is 0.256 e. The molecule has 1 N–H and O–H groups in total. The van der Waals surface area contributed by atoms with Gasteiger partial charge in [0.15, 0.2) is 17.2 Å². The molecule has 2 aliphatic rings. The fraction of sp³-hybridized carbons (Fsp3) is 0.400. The summed E-state index contributed by atoms with van der Waals surface area (Å²) in [4.78, 5) is 23.6. The van der Waals surface area contributed by atoms with Crippen molar-refractivity contribution in [2.45, 2.75) is 26.4 Å². The zero-order chi connectivity index (χ0) is 20.8. The van der Waals surface area contributed by atoms with Crippen molar-refractivity contribution < 1.29 is 18.7 Å². The molecule has 1 amide bonds. The molecule has 0 saturated carbocycles. The minimum atomic E-state index is -0.429. The number of nitrogens with zero attached hydrogens (tertiary/aromatic N) is 5. The molecule has 2 aliphatic heterocycles. The van der Waals surface area contributed by atoms with Crippen molar-refractivity contribution in [3.63, 3.8) is 0 Å². The topological polar surface area (TPSA) is 93.9 Å². The van der Waals surface area contributed by atoms with Gasteiger partial charge in [-0.1, -0.05) is 6.92 Å². The number of pyridine rings is 1. The number of carbonyl (C=O) groups excluding carboxylic acids is 1. The van der Waals surface area contributed by atoms with E-state index in [2.05, 4.69) is 15.4 Å². The summed E-state index contributed by atoms with van der Waals surface area (Å²) in [5, 5.41) is 7.16. The number of fused-ring (bicyclic) bond motifs is 1. The number of hydrogen-bond acceptors (Lipinski definition) is 7. The van der Waals surface area contributed by atoms with Gasteiger partial charge in [-0.2, -0.15) is 5.10 Å². The highest BCUT2D eigenvalue weighted by atomic mass is 19.1. The third-order valence-corrected chi connectivity index (χ3v) is 5.32. The average Bonchev–Trinajstić information content (AvgIpc) is 3.14. The molecule has 2 bridgehead atoms. The minimum absolute atomic E-state index is 0.0239. The van der Waals surface area contributed by atoms with Crippen molar-refractivity contribution >= 4 is 17.4 Å².